The molecule has 3 amide bonds. The van der Waals surface area contributed by atoms with Crippen LogP contribution in [0.3, 0.4) is 0 Å². The summed E-state index contributed by atoms with van der Waals surface area (Å²) in [5, 5.41) is 15.2. The van der Waals surface area contributed by atoms with Gasteiger partial charge in [-0.1, -0.05) is 17.7 Å². The number of hydrogen-bond donors (Lipinski definition) is 2. The predicted molar refractivity (Wildman–Crippen MR) is 221 cm³/mol. The number of imide groups is 1. The Kier molecular flexibility index (Phi) is 11.5. The first-order chi connectivity index (χ1) is 27.6. The Labute approximate surface area is 340 Å². The molecule has 8 rings (SSSR count). The Bertz CT molecular complexity index is 2010. The number of piperidine rings is 4. The lowest BCUT2D eigenvalue weighted by atomic mass is 9.76. The number of benzene rings is 3. The number of nitriles is 1. The Morgan fingerprint density at radius 2 is 1.65 bits per heavy atom. The van der Waals surface area contributed by atoms with Crippen molar-refractivity contribution in [3.63, 3.8) is 0 Å². The van der Waals surface area contributed by atoms with E-state index in [1.54, 1.807) is 0 Å². The van der Waals surface area contributed by atoms with Crippen LogP contribution in [-0.2, 0) is 9.59 Å². The fraction of sp³-hybridized carbons (Fsp3) is 0.511. The monoisotopic (exact) mass is 793 g/mol. The van der Waals surface area contributed by atoms with Gasteiger partial charge in [-0.2, -0.15) is 5.26 Å². The van der Waals surface area contributed by atoms with E-state index in [0.717, 1.165) is 114 Å². The van der Waals surface area contributed by atoms with Crippen molar-refractivity contribution in [2.45, 2.75) is 82.7 Å². The standard InChI is InChI=1S/C45H53ClFN7O3/c1-30-26-45(29-54(30)37-8-4-34(27-48)39(46)25-37)16-22-52(23-17-45)36-6-2-33(3-7-36)44(57)53-20-12-31(13-21-53)28-51-18-14-32(15-19-51)38-9-5-35(24-40(38)47)49-41-10-11-42(55)50-43(41)56/h2-9,24-25,30-32,41,49H,10-23,26,28-29H2,1H3,(H,50,55,56). The smallest absolute Gasteiger partial charge is 0.253 e. The second-order valence-corrected chi connectivity index (χ2v) is 17.6. The van der Waals surface area contributed by atoms with E-state index in [2.05, 4.69) is 50.5 Å². The number of carbonyl (C=O) groups excluding carboxylic acids is 3. The molecule has 5 heterocycles. The third-order valence-electron chi connectivity index (χ3n) is 13.5. The van der Waals surface area contributed by atoms with Crippen LogP contribution in [0.15, 0.2) is 60.7 Å². The van der Waals surface area contributed by atoms with Gasteiger partial charge in [-0.25, -0.2) is 4.39 Å². The average Bonchev–Trinajstić information content (AvgIpc) is 3.54. The molecule has 3 aromatic carbocycles. The van der Waals surface area contributed by atoms with E-state index in [4.69, 9.17) is 11.6 Å². The molecule has 5 saturated heterocycles. The van der Waals surface area contributed by atoms with Crippen molar-refractivity contribution in [3.05, 3.63) is 88.2 Å². The van der Waals surface area contributed by atoms with Gasteiger partial charge >= 0.3 is 0 Å². The van der Waals surface area contributed by atoms with Crippen molar-refractivity contribution in [1.82, 2.24) is 15.1 Å². The lowest BCUT2D eigenvalue weighted by Crippen LogP contribution is -2.47. The first-order valence-corrected chi connectivity index (χ1v) is 21.2. The van der Waals surface area contributed by atoms with E-state index >= 15 is 4.39 Å². The highest BCUT2D eigenvalue weighted by Crippen LogP contribution is 2.46. The van der Waals surface area contributed by atoms with Gasteiger partial charge < -0.3 is 24.9 Å². The van der Waals surface area contributed by atoms with Crippen LogP contribution in [0.2, 0.25) is 5.02 Å². The van der Waals surface area contributed by atoms with Gasteiger partial charge in [0.25, 0.3) is 5.91 Å². The molecule has 3 aromatic rings. The van der Waals surface area contributed by atoms with Gasteiger partial charge in [-0.15, -0.1) is 0 Å². The van der Waals surface area contributed by atoms with Gasteiger partial charge in [-0.3, -0.25) is 19.7 Å². The third-order valence-corrected chi connectivity index (χ3v) is 13.8. The molecule has 0 aliphatic carbocycles. The van der Waals surface area contributed by atoms with Crippen molar-refractivity contribution in [2.24, 2.45) is 11.3 Å². The number of rotatable bonds is 8. The van der Waals surface area contributed by atoms with Crippen LogP contribution in [0.4, 0.5) is 21.5 Å². The fourth-order valence-electron chi connectivity index (χ4n) is 10.1. The number of halogens is 2. The molecule has 10 nitrogen and oxygen atoms in total. The first kappa shape index (κ1) is 39.2. The van der Waals surface area contributed by atoms with Crippen LogP contribution in [0.1, 0.15) is 92.1 Å². The molecule has 5 aliphatic heterocycles. The number of nitrogens with one attached hydrogen (secondary N) is 2. The second-order valence-electron chi connectivity index (χ2n) is 17.2. The van der Waals surface area contributed by atoms with Crippen molar-refractivity contribution >= 4 is 46.4 Å². The number of amides is 3. The number of likely N-dealkylation sites (tertiary alicyclic amines) is 2. The van der Waals surface area contributed by atoms with Crippen molar-refractivity contribution in [2.75, 3.05) is 67.5 Å². The molecule has 0 aromatic heterocycles. The Balaban J connectivity index is 0.760. The summed E-state index contributed by atoms with van der Waals surface area (Å²) in [6.07, 6.45) is 7.83. The molecule has 57 heavy (non-hydrogen) atoms. The average molecular weight is 794 g/mol. The van der Waals surface area contributed by atoms with Crippen LogP contribution in [-0.4, -0.2) is 92.0 Å². The highest BCUT2D eigenvalue weighted by atomic mass is 35.5. The van der Waals surface area contributed by atoms with Crippen molar-refractivity contribution in [3.8, 4) is 6.07 Å². The summed E-state index contributed by atoms with van der Waals surface area (Å²) in [5.41, 5.74) is 5.08. The van der Waals surface area contributed by atoms with Gasteiger partial charge in [0.2, 0.25) is 11.8 Å². The minimum Gasteiger partial charge on any atom is -0.374 e. The quantitative estimate of drug-likeness (QED) is 0.231. The summed E-state index contributed by atoms with van der Waals surface area (Å²) in [6.45, 7) is 9.67. The Hall–Kier alpha value is -4.66. The summed E-state index contributed by atoms with van der Waals surface area (Å²) >= 11 is 6.38. The molecule has 2 atom stereocenters. The number of nitrogens with zero attached hydrogens (tertiary/aromatic N) is 5. The summed E-state index contributed by atoms with van der Waals surface area (Å²) in [4.78, 5) is 46.5. The normalized spacial score (nSPS) is 23.4. The van der Waals surface area contributed by atoms with E-state index in [0.29, 0.717) is 34.7 Å². The van der Waals surface area contributed by atoms with E-state index in [-0.39, 0.29) is 41.3 Å². The second kappa shape index (κ2) is 16.7. The van der Waals surface area contributed by atoms with Crippen LogP contribution in [0.25, 0.3) is 0 Å². The molecule has 2 unspecified atom stereocenters. The largest absolute Gasteiger partial charge is 0.374 e. The van der Waals surface area contributed by atoms with Crippen molar-refractivity contribution in [1.29, 1.82) is 5.26 Å². The minimum absolute atomic E-state index is 0.113. The van der Waals surface area contributed by atoms with E-state index in [9.17, 15) is 19.6 Å². The lowest BCUT2D eigenvalue weighted by molar-refractivity contribution is -0.133. The molecule has 5 aliphatic rings. The summed E-state index contributed by atoms with van der Waals surface area (Å²) in [5.74, 6) is -0.0742. The molecule has 12 heteroatoms. The van der Waals surface area contributed by atoms with E-state index in [1.165, 1.54) is 11.8 Å². The molecule has 2 N–H and O–H groups in total. The van der Waals surface area contributed by atoms with Crippen LogP contribution in [0, 0.1) is 28.5 Å². The van der Waals surface area contributed by atoms with Crippen molar-refractivity contribution < 1.29 is 18.8 Å². The van der Waals surface area contributed by atoms with Gasteiger partial charge in [0.15, 0.2) is 0 Å². The molecule has 5 fully saturated rings. The highest BCUT2D eigenvalue weighted by molar-refractivity contribution is 6.32. The van der Waals surface area contributed by atoms with Crippen LogP contribution < -0.4 is 20.4 Å². The zero-order chi connectivity index (χ0) is 39.7. The molecule has 0 radical (unpaired) electrons. The van der Waals surface area contributed by atoms with Crippen LogP contribution in [0.5, 0.6) is 0 Å². The molecule has 300 valence electrons. The zero-order valence-electron chi connectivity index (χ0n) is 32.8. The van der Waals surface area contributed by atoms with Gasteiger partial charge in [0.05, 0.1) is 10.6 Å². The first-order valence-electron chi connectivity index (χ1n) is 20.8. The summed E-state index contributed by atoms with van der Waals surface area (Å²) < 4.78 is 15.2. The van der Waals surface area contributed by atoms with Gasteiger partial charge in [0.1, 0.15) is 17.9 Å². The summed E-state index contributed by atoms with van der Waals surface area (Å²) in [6, 6.07) is 21.2. The van der Waals surface area contributed by atoms with Crippen LogP contribution >= 0.6 is 11.6 Å². The topological polar surface area (TPSA) is 112 Å². The molecular weight excluding hydrogens is 741 g/mol. The number of anilines is 3. The predicted octanol–water partition coefficient (Wildman–Crippen LogP) is 7.19. The lowest BCUT2D eigenvalue weighted by Gasteiger charge is -2.40. The third kappa shape index (κ3) is 8.63. The Morgan fingerprint density at radius 3 is 2.32 bits per heavy atom. The Morgan fingerprint density at radius 1 is 0.930 bits per heavy atom. The van der Waals surface area contributed by atoms with Gasteiger partial charge in [0, 0.05) is 74.4 Å². The van der Waals surface area contributed by atoms with Gasteiger partial charge in [-0.05, 0) is 149 Å². The van der Waals surface area contributed by atoms with E-state index < -0.39 is 6.04 Å². The maximum Gasteiger partial charge on any atom is 0.253 e. The van der Waals surface area contributed by atoms with E-state index in [1.807, 2.05) is 47.4 Å². The highest BCUT2D eigenvalue weighted by Gasteiger charge is 2.44. The molecule has 0 bridgehead atoms. The maximum atomic E-state index is 15.2. The molecule has 0 saturated carbocycles. The SMILES string of the molecule is CC1CC2(CCN(c3ccc(C(=O)N4CCC(CN5CCC(c6ccc(NC7CCC(=O)NC7=O)cc6F)CC5)CC4)cc3)CC2)CN1c1ccc(C#N)c(Cl)c1. The fourth-order valence-corrected chi connectivity index (χ4v) is 10.3. The number of hydrogen-bond acceptors (Lipinski definition) is 8. The molecule has 1 spiro atoms. The zero-order valence-corrected chi connectivity index (χ0v) is 33.6. The maximum absolute atomic E-state index is 15.2. The number of carbonyl (C=O) groups is 3. The summed E-state index contributed by atoms with van der Waals surface area (Å²) in [7, 11) is 0. The minimum atomic E-state index is -0.536. The molecular formula is C45H53ClFN7O3.